The first-order valence-electron chi connectivity index (χ1n) is 6.54. The predicted octanol–water partition coefficient (Wildman–Crippen LogP) is 2.32. The molecular weight excluding hydrogens is 304 g/mol. The molecule has 0 aliphatic heterocycles. The Bertz CT molecular complexity index is 534. The van der Waals surface area contributed by atoms with Crippen molar-refractivity contribution in [3.63, 3.8) is 0 Å². The van der Waals surface area contributed by atoms with Gasteiger partial charge in [0.1, 0.15) is 5.82 Å². The van der Waals surface area contributed by atoms with E-state index in [0.717, 1.165) is 11.0 Å². The number of benzene rings is 1. The lowest BCUT2D eigenvalue weighted by molar-refractivity contribution is -0.208. The first-order chi connectivity index (χ1) is 10.0. The summed E-state index contributed by atoms with van der Waals surface area (Å²) in [6, 6.07) is 3.17. The number of halogens is 4. The van der Waals surface area contributed by atoms with Gasteiger partial charge in [-0.1, -0.05) is 6.07 Å². The van der Waals surface area contributed by atoms with E-state index in [0.29, 0.717) is 5.56 Å². The molecule has 124 valence electrons. The van der Waals surface area contributed by atoms with Crippen molar-refractivity contribution in [1.29, 1.82) is 0 Å². The van der Waals surface area contributed by atoms with Crippen LogP contribution in [0.15, 0.2) is 18.2 Å². The van der Waals surface area contributed by atoms with Crippen LogP contribution in [0, 0.1) is 12.7 Å². The molecule has 4 nitrogen and oxygen atoms in total. The van der Waals surface area contributed by atoms with Crippen LogP contribution >= 0.6 is 0 Å². The number of anilines is 1. The largest absolute Gasteiger partial charge is 0.415 e. The third-order valence-corrected chi connectivity index (χ3v) is 3.32. The van der Waals surface area contributed by atoms with E-state index in [-0.39, 0.29) is 5.69 Å². The van der Waals surface area contributed by atoms with E-state index in [1.54, 1.807) is 6.92 Å². The Morgan fingerprint density at radius 2 is 2.00 bits per heavy atom. The summed E-state index contributed by atoms with van der Waals surface area (Å²) in [4.78, 5) is 13.0. The molecule has 2 N–H and O–H groups in total. The molecule has 0 fully saturated rings. The molecule has 1 aromatic carbocycles. The van der Waals surface area contributed by atoms with Crippen LogP contribution < -0.4 is 5.32 Å². The number of carbonyl (C=O) groups is 1. The Hall–Kier alpha value is -1.67. The highest BCUT2D eigenvalue weighted by atomic mass is 19.4. The molecule has 1 aromatic rings. The second-order valence-corrected chi connectivity index (χ2v) is 5.13. The molecule has 0 heterocycles. The smallest absolute Gasteiger partial charge is 0.382 e. The van der Waals surface area contributed by atoms with Crippen molar-refractivity contribution >= 4 is 11.6 Å². The van der Waals surface area contributed by atoms with Crippen LogP contribution in [0.5, 0.6) is 0 Å². The summed E-state index contributed by atoms with van der Waals surface area (Å²) < 4.78 is 50.2. The Balaban J connectivity index is 2.66. The number of rotatable bonds is 5. The zero-order chi connectivity index (χ0) is 17.1. The Morgan fingerprint density at radius 1 is 1.41 bits per heavy atom. The minimum atomic E-state index is -4.75. The van der Waals surface area contributed by atoms with Gasteiger partial charge in [0.15, 0.2) is 6.10 Å². The van der Waals surface area contributed by atoms with Crippen LogP contribution in [0.4, 0.5) is 23.2 Å². The lowest BCUT2D eigenvalue weighted by Crippen LogP contribution is -2.46. The van der Waals surface area contributed by atoms with Crippen LogP contribution in [0.3, 0.4) is 0 Å². The number of carbonyl (C=O) groups excluding carboxylic acids is 1. The molecule has 0 bridgehead atoms. The van der Waals surface area contributed by atoms with Crippen LogP contribution in [0.25, 0.3) is 0 Å². The van der Waals surface area contributed by atoms with Crippen molar-refractivity contribution in [2.75, 3.05) is 18.9 Å². The number of amides is 1. The summed E-state index contributed by atoms with van der Waals surface area (Å²) in [5.74, 6) is -1.09. The Labute approximate surface area is 125 Å². The van der Waals surface area contributed by atoms with E-state index >= 15 is 0 Å². The summed E-state index contributed by atoms with van der Waals surface area (Å²) in [5.41, 5.74) is 0.626. The van der Waals surface area contributed by atoms with Crippen molar-refractivity contribution in [1.82, 2.24) is 4.90 Å². The van der Waals surface area contributed by atoms with E-state index in [9.17, 15) is 22.4 Å². The van der Waals surface area contributed by atoms with Gasteiger partial charge in [0.05, 0.1) is 6.04 Å². The van der Waals surface area contributed by atoms with E-state index in [4.69, 9.17) is 5.11 Å². The minimum Gasteiger partial charge on any atom is -0.382 e. The number of nitrogens with one attached hydrogen (secondary N) is 1. The second kappa shape index (κ2) is 7.06. The summed E-state index contributed by atoms with van der Waals surface area (Å²) in [6.45, 7) is 2.22. The van der Waals surface area contributed by atoms with E-state index in [2.05, 4.69) is 5.32 Å². The number of alkyl halides is 3. The fraction of sp³-hybridized carbons (Fsp3) is 0.500. The summed E-state index contributed by atoms with van der Waals surface area (Å²) in [6.07, 6.45) is -7.28. The average molecular weight is 322 g/mol. The zero-order valence-electron chi connectivity index (χ0n) is 12.4. The van der Waals surface area contributed by atoms with E-state index < -0.39 is 36.6 Å². The van der Waals surface area contributed by atoms with Gasteiger partial charge in [-0.2, -0.15) is 13.2 Å². The van der Waals surface area contributed by atoms with Gasteiger partial charge in [-0.3, -0.25) is 9.69 Å². The molecule has 0 spiro atoms. The molecular formula is C14H18F4N2O2. The Kier molecular flexibility index (Phi) is 5.90. The number of nitrogens with zero attached hydrogens (tertiary/aromatic N) is 1. The van der Waals surface area contributed by atoms with Gasteiger partial charge in [-0.15, -0.1) is 0 Å². The highest BCUT2D eigenvalue weighted by Crippen LogP contribution is 2.21. The highest BCUT2D eigenvalue weighted by molar-refractivity contribution is 5.94. The van der Waals surface area contributed by atoms with Crippen LogP contribution in [-0.2, 0) is 4.79 Å². The summed E-state index contributed by atoms with van der Waals surface area (Å²) in [7, 11) is 1.29. The number of hydrogen-bond donors (Lipinski definition) is 2. The highest BCUT2D eigenvalue weighted by Gasteiger charge is 2.39. The molecule has 0 saturated heterocycles. The Morgan fingerprint density at radius 3 is 2.50 bits per heavy atom. The minimum absolute atomic E-state index is 0.213. The second-order valence-electron chi connectivity index (χ2n) is 5.13. The first-order valence-corrected chi connectivity index (χ1v) is 6.54. The molecule has 0 aliphatic rings. The van der Waals surface area contributed by atoms with Crippen LogP contribution in [0.1, 0.15) is 12.5 Å². The molecule has 1 amide bonds. The van der Waals surface area contributed by atoms with Crippen molar-refractivity contribution < 1.29 is 27.5 Å². The van der Waals surface area contributed by atoms with Gasteiger partial charge < -0.3 is 10.4 Å². The molecule has 2 atom stereocenters. The number of likely N-dealkylation sites (N-methyl/N-ethyl adjacent to an activating group) is 1. The lowest BCUT2D eigenvalue weighted by Gasteiger charge is -2.27. The molecule has 22 heavy (non-hydrogen) atoms. The lowest BCUT2D eigenvalue weighted by atomic mass is 10.2. The number of aliphatic hydroxyl groups is 1. The molecule has 8 heteroatoms. The van der Waals surface area contributed by atoms with Gasteiger partial charge in [-0.25, -0.2) is 4.39 Å². The van der Waals surface area contributed by atoms with Gasteiger partial charge in [0.25, 0.3) is 0 Å². The van der Waals surface area contributed by atoms with Gasteiger partial charge >= 0.3 is 6.18 Å². The SMILES string of the molecule is Cc1ccc(NC(=O)C(C)N(C)CC(O)C(F)(F)F)cc1F. The fourth-order valence-electron chi connectivity index (χ4n) is 1.65. The number of hydrogen-bond acceptors (Lipinski definition) is 3. The third-order valence-electron chi connectivity index (χ3n) is 3.32. The summed E-state index contributed by atoms with van der Waals surface area (Å²) >= 11 is 0. The topological polar surface area (TPSA) is 52.6 Å². The monoisotopic (exact) mass is 322 g/mol. The number of aliphatic hydroxyl groups excluding tert-OH is 1. The molecule has 2 unspecified atom stereocenters. The zero-order valence-corrected chi connectivity index (χ0v) is 12.4. The summed E-state index contributed by atoms with van der Waals surface area (Å²) in [5, 5.41) is 11.4. The molecule has 0 radical (unpaired) electrons. The average Bonchev–Trinajstić information content (AvgIpc) is 2.40. The van der Waals surface area contributed by atoms with Crippen LogP contribution in [0.2, 0.25) is 0 Å². The quantitative estimate of drug-likeness (QED) is 0.818. The van der Waals surface area contributed by atoms with Crippen LogP contribution in [-0.4, -0.2) is 47.8 Å². The fourth-order valence-corrected chi connectivity index (χ4v) is 1.65. The maximum Gasteiger partial charge on any atom is 0.415 e. The van der Waals surface area contributed by atoms with Gasteiger partial charge in [-0.05, 0) is 38.6 Å². The number of aryl methyl sites for hydroxylation is 1. The maximum atomic E-state index is 13.4. The maximum absolute atomic E-state index is 13.4. The van der Waals surface area contributed by atoms with Crippen molar-refractivity contribution in [2.45, 2.75) is 32.2 Å². The van der Waals surface area contributed by atoms with Gasteiger partial charge in [0, 0.05) is 12.2 Å². The van der Waals surface area contributed by atoms with E-state index in [1.165, 1.54) is 26.1 Å². The molecule has 1 rings (SSSR count). The molecule has 0 aromatic heterocycles. The van der Waals surface area contributed by atoms with Crippen molar-refractivity contribution in [3.05, 3.63) is 29.6 Å². The normalized spacial score (nSPS) is 14.8. The third kappa shape index (κ3) is 4.96. The molecule has 0 saturated carbocycles. The standard InChI is InChI=1S/C14H18F4N2O2/c1-8-4-5-10(6-11(8)15)19-13(22)9(2)20(3)7-12(21)14(16,17)18/h4-6,9,12,21H,7H2,1-3H3,(H,19,22). The van der Waals surface area contributed by atoms with Crippen molar-refractivity contribution in [3.8, 4) is 0 Å². The first kappa shape index (κ1) is 18.4. The van der Waals surface area contributed by atoms with Crippen molar-refractivity contribution in [2.24, 2.45) is 0 Å². The molecule has 0 aliphatic carbocycles. The van der Waals surface area contributed by atoms with Gasteiger partial charge in [0.2, 0.25) is 5.91 Å². The predicted molar refractivity (Wildman–Crippen MR) is 73.9 cm³/mol. The van der Waals surface area contributed by atoms with E-state index in [1.807, 2.05) is 0 Å².